The number of hydrogen-bond donors (Lipinski definition) is 0. The van der Waals surface area contributed by atoms with E-state index in [0.717, 1.165) is 25.7 Å². The Hall–Kier alpha value is 2.07. The Morgan fingerprint density at radius 2 is 1.10 bits per heavy atom. The van der Waals surface area contributed by atoms with Crippen molar-refractivity contribution in [1.29, 1.82) is 0 Å². The first kappa shape index (κ1) is 39.3. The molecule has 0 heterocycles. The zero-order valence-corrected chi connectivity index (χ0v) is 27.7. The Morgan fingerprint density at radius 1 is 0.767 bits per heavy atom. The average molecular weight is 474 g/mol. The maximum atomic E-state index is 11.7. The van der Waals surface area contributed by atoms with E-state index in [1.54, 1.807) is 0 Å². The van der Waals surface area contributed by atoms with Crippen LogP contribution in [0.25, 0.3) is 0 Å². The second kappa shape index (κ2) is 19.4. The van der Waals surface area contributed by atoms with Gasteiger partial charge in [0.25, 0.3) is 0 Å². The van der Waals surface area contributed by atoms with E-state index < -0.39 is 38.1 Å². The van der Waals surface area contributed by atoms with Gasteiger partial charge in [0, 0.05) is 11.9 Å². The summed E-state index contributed by atoms with van der Waals surface area (Å²) in [5.41, 5.74) is -1.84. The van der Waals surface area contributed by atoms with E-state index in [2.05, 4.69) is 6.07 Å². The van der Waals surface area contributed by atoms with Crippen molar-refractivity contribution in [1.82, 2.24) is 0 Å². The first-order chi connectivity index (χ1) is 12.1. The molecule has 0 aliphatic rings. The number of carbonyl (C=O) groups excluding carboxylic acids is 2. The van der Waals surface area contributed by atoms with Gasteiger partial charge >= 0.3 is 118 Å². The molecule has 0 atom stereocenters. The van der Waals surface area contributed by atoms with E-state index >= 15 is 0 Å². The predicted octanol–water partition coefficient (Wildman–Crippen LogP) is -11.4. The van der Waals surface area contributed by atoms with Gasteiger partial charge < -0.3 is 24.4 Å². The zero-order chi connectivity index (χ0) is 19.9. The molecule has 7 nitrogen and oxygen atoms in total. The van der Waals surface area contributed by atoms with E-state index in [4.69, 9.17) is 0 Å². The first-order valence-corrected chi connectivity index (χ1v) is 10.1. The summed E-state index contributed by atoms with van der Waals surface area (Å²) in [4.78, 5) is 21.8. The molecule has 0 spiro atoms. The molecule has 0 N–H and O–H groups in total. The molecular formula is C18H22Na4O7S. The summed E-state index contributed by atoms with van der Waals surface area (Å²) in [5.74, 6) is -3.82. The van der Waals surface area contributed by atoms with Crippen LogP contribution in [0.15, 0.2) is 4.90 Å². The molecule has 30 heavy (non-hydrogen) atoms. The molecule has 0 amide bonds. The topological polar surface area (TPSA) is 137 Å². The fourth-order valence-electron chi connectivity index (χ4n) is 2.87. The first-order valence-electron chi connectivity index (χ1n) is 8.64. The molecule has 0 aliphatic carbocycles. The van der Waals surface area contributed by atoms with Crippen LogP contribution in [0.4, 0.5) is 0 Å². The molecular weight excluding hydrogens is 452 g/mol. The summed E-state index contributed by atoms with van der Waals surface area (Å²) < 4.78 is 35.1. The summed E-state index contributed by atoms with van der Waals surface area (Å²) in [6.45, 7) is 3.87. The summed E-state index contributed by atoms with van der Waals surface area (Å²) in [7, 11) is -5.37. The molecule has 146 valence electrons. The summed E-state index contributed by atoms with van der Waals surface area (Å²) in [6, 6.07) is 2.73. The normalized spacial score (nSPS) is 9.97. The third-order valence-corrected chi connectivity index (χ3v) is 4.99. The quantitative estimate of drug-likeness (QED) is 0.134. The van der Waals surface area contributed by atoms with Crippen LogP contribution in [0.2, 0.25) is 0 Å². The van der Waals surface area contributed by atoms with Crippen molar-refractivity contribution < 1.29 is 151 Å². The monoisotopic (exact) mass is 474 g/mol. The van der Waals surface area contributed by atoms with Gasteiger partial charge in [-0.15, -0.1) is 0 Å². The van der Waals surface area contributed by atoms with Crippen molar-refractivity contribution in [3.63, 3.8) is 0 Å². The van der Waals surface area contributed by atoms with E-state index in [1.165, 1.54) is 0 Å². The molecule has 0 radical (unpaired) electrons. The number of carboxylic acid groups (broad SMARTS) is 2. The number of carboxylic acids is 2. The molecule has 0 aliphatic heterocycles. The van der Waals surface area contributed by atoms with E-state index in [-0.39, 0.29) is 142 Å². The molecule has 12 heteroatoms. The number of carbonyl (C=O) groups is 2. The van der Waals surface area contributed by atoms with Crippen LogP contribution in [-0.4, -0.2) is 24.9 Å². The Labute approximate surface area is 267 Å². The van der Waals surface area contributed by atoms with Crippen molar-refractivity contribution in [3.05, 3.63) is 28.3 Å². The van der Waals surface area contributed by atoms with Crippen LogP contribution in [0.3, 0.4) is 0 Å². The standard InChI is InChI=1S/C18H25O7S.4Na/c1-3-5-7-9-12-11-13(10-8-6-4-2)15(18(21)22)16(26(23,24)25)14(12)17(19)20;;;;/h3-10H2,1-2H3,(H,19,20)(H,21,22)(H,23,24,25);;;;/q-1;4*+1/p-3. The largest absolute Gasteiger partial charge is 1.00 e. The molecule has 0 bridgehead atoms. The van der Waals surface area contributed by atoms with Crippen molar-refractivity contribution in [2.45, 2.75) is 70.1 Å². The van der Waals surface area contributed by atoms with Gasteiger partial charge in [0.15, 0.2) is 0 Å². The van der Waals surface area contributed by atoms with Crippen LogP contribution in [0.1, 0.15) is 84.2 Å². The molecule has 0 aromatic heterocycles. The molecule has 0 saturated carbocycles. The molecule has 1 aromatic carbocycles. The van der Waals surface area contributed by atoms with E-state index in [9.17, 15) is 32.8 Å². The Kier molecular flexibility index (Phi) is 25.4. The Bertz CT molecular complexity index is 737. The number of rotatable bonds is 11. The number of unbranched alkanes of at least 4 members (excludes halogenated alkanes) is 4. The van der Waals surface area contributed by atoms with Gasteiger partial charge in [0.05, 0.1) is 0 Å². The van der Waals surface area contributed by atoms with Gasteiger partial charge in [-0.3, -0.25) is 0 Å². The van der Waals surface area contributed by atoms with Gasteiger partial charge in [0.2, 0.25) is 0 Å². The number of aromatic carboxylic acids is 2. The third kappa shape index (κ3) is 12.0. The minimum absolute atomic E-state index is 0. The van der Waals surface area contributed by atoms with Crippen LogP contribution in [0, 0.1) is 6.07 Å². The van der Waals surface area contributed by atoms with Crippen molar-refractivity contribution in [2.75, 3.05) is 0 Å². The van der Waals surface area contributed by atoms with Gasteiger partial charge in [-0.1, -0.05) is 76.3 Å². The molecule has 1 rings (SSSR count). The zero-order valence-electron chi connectivity index (χ0n) is 18.9. The number of aryl methyl sites for hydroxylation is 2. The summed E-state index contributed by atoms with van der Waals surface area (Å²) in [6.07, 6.45) is 4.61. The molecule has 0 fully saturated rings. The van der Waals surface area contributed by atoms with Gasteiger partial charge in [0.1, 0.15) is 10.1 Å². The molecule has 0 unspecified atom stereocenters. The van der Waals surface area contributed by atoms with Crippen LogP contribution < -0.4 is 128 Å². The Morgan fingerprint density at radius 3 is 1.33 bits per heavy atom. The summed E-state index contributed by atoms with van der Waals surface area (Å²) >= 11 is 0. The van der Waals surface area contributed by atoms with Crippen LogP contribution >= 0.6 is 0 Å². The maximum absolute atomic E-state index is 11.7. The van der Waals surface area contributed by atoms with Gasteiger partial charge in [-0.25, -0.2) is 8.42 Å². The summed E-state index contributed by atoms with van der Waals surface area (Å²) in [5, 5.41) is 23.0. The van der Waals surface area contributed by atoms with Crippen LogP contribution in [-0.2, 0) is 23.0 Å². The predicted molar refractivity (Wildman–Crippen MR) is 88.4 cm³/mol. The second-order valence-corrected chi connectivity index (χ2v) is 7.42. The fourth-order valence-corrected chi connectivity index (χ4v) is 3.78. The van der Waals surface area contributed by atoms with Crippen LogP contribution in [0.5, 0.6) is 0 Å². The number of benzene rings is 1. The van der Waals surface area contributed by atoms with Crippen molar-refractivity contribution in [3.8, 4) is 0 Å². The SMILES string of the molecule is CCCCCc1[c-]c(CCCCC)c(C(=O)[O-])c(S(=O)(=O)[O-])c1C(=O)[O-].[Na+].[Na+].[Na+].[Na+]. The number of hydrogen-bond acceptors (Lipinski definition) is 7. The maximum Gasteiger partial charge on any atom is 1.00 e. The fraction of sp³-hybridized carbons (Fsp3) is 0.556. The smallest absolute Gasteiger partial charge is 0.746 e. The second-order valence-electron chi connectivity index (χ2n) is 6.10. The molecule has 0 saturated heterocycles. The Balaban J connectivity index is -0.000000845. The van der Waals surface area contributed by atoms with E-state index in [0.29, 0.717) is 12.8 Å². The average Bonchev–Trinajstić information content (AvgIpc) is 2.53. The van der Waals surface area contributed by atoms with Gasteiger partial charge in [-0.2, -0.15) is 17.2 Å². The van der Waals surface area contributed by atoms with E-state index in [1.807, 2.05) is 13.8 Å². The van der Waals surface area contributed by atoms with Crippen molar-refractivity contribution >= 4 is 22.1 Å². The minimum Gasteiger partial charge on any atom is -0.746 e. The molecule has 1 aromatic rings. The van der Waals surface area contributed by atoms with Gasteiger partial charge in [-0.05, 0) is 4.90 Å². The van der Waals surface area contributed by atoms with Crippen molar-refractivity contribution in [2.24, 2.45) is 0 Å². The third-order valence-electron chi connectivity index (χ3n) is 4.08. The minimum atomic E-state index is -5.37.